The van der Waals surface area contributed by atoms with Crippen LogP contribution in [0.4, 0.5) is 5.69 Å². The Hall–Kier alpha value is -0.440. The summed E-state index contributed by atoms with van der Waals surface area (Å²) in [5.41, 5.74) is 1.16. The minimum atomic E-state index is 0.517. The molecule has 2 aliphatic rings. The summed E-state index contributed by atoms with van der Waals surface area (Å²) in [5, 5.41) is 1.45. The van der Waals surface area contributed by atoms with Crippen LogP contribution < -0.4 is 4.90 Å². The van der Waals surface area contributed by atoms with Gasteiger partial charge >= 0.3 is 0 Å². The van der Waals surface area contributed by atoms with Gasteiger partial charge in [-0.1, -0.05) is 29.6 Å². The molecule has 0 radical (unpaired) electrons. The summed E-state index contributed by atoms with van der Waals surface area (Å²) in [6, 6.07) is 7.07. The molecule has 0 aromatic heterocycles. The average molecular weight is 299 g/mol. The molecule has 19 heavy (non-hydrogen) atoms. The molecule has 2 heterocycles. The van der Waals surface area contributed by atoms with Gasteiger partial charge in [-0.05, 0) is 44.5 Å². The maximum absolute atomic E-state index is 6.13. The van der Waals surface area contributed by atoms with E-state index in [0.29, 0.717) is 12.1 Å². The Balaban J connectivity index is 1.83. The van der Waals surface area contributed by atoms with Gasteiger partial charge in [-0.2, -0.15) is 0 Å². The number of rotatable bonds is 1. The summed E-state index contributed by atoms with van der Waals surface area (Å²) >= 11 is 12.3. The molecule has 4 heteroatoms. The molecule has 2 atom stereocenters. The lowest BCUT2D eigenvalue weighted by Gasteiger charge is -2.48. The molecule has 3 rings (SSSR count). The number of anilines is 1. The maximum atomic E-state index is 6.13. The van der Waals surface area contributed by atoms with Crippen LogP contribution in [0.2, 0.25) is 10.0 Å². The molecule has 2 fully saturated rings. The smallest absolute Gasteiger partial charge is 0.0441 e. The van der Waals surface area contributed by atoms with Crippen LogP contribution in [0.5, 0.6) is 0 Å². The highest BCUT2D eigenvalue weighted by molar-refractivity contribution is 6.35. The molecule has 0 bridgehead atoms. The summed E-state index contributed by atoms with van der Waals surface area (Å²) in [6.07, 6.45) is 4.03. The summed E-state index contributed by atoms with van der Waals surface area (Å²) in [6.45, 7) is 5.80. The number of fused-ring (bicyclic) bond motifs is 1. The van der Waals surface area contributed by atoms with Gasteiger partial charge in [0.25, 0.3) is 0 Å². The summed E-state index contributed by atoms with van der Waals surface area (Å²) < 4.78 is 0. The number of hydrogen-bond donors (Lipinski definition) is 0. The fraction of sp³-hybridized carbons (Fsp3) is 0.600. The van der Waals surface area contributed by atoms with E-state index in [9.17, 15) is 0 Å². The lowest BCUT2D eigenvalue weighted by atomic mass is 9.96. The average Bonchev–Trinajstić information content (AvgIpc) is 2.36. The molecule has 1 aromatic carbocycles. The Morgan fingerprint density at radius 1 is 1.05 bits per heavy atom. The molecular formula is C15H20Cl2N2. The first-order chi connectivity index (χ1) is 9.13. The van der Waals surface area contributed by atoms with Gasteiger partial charge in [-0.3, -0.25) is 4.90 Å². The Morgan fingerprint density at radius 2 is 1.79 bits per heavy atom. The normalized spacial score (nSPS) is 28.3. The van der Waals surface area contributed by atoms with E-state index in [-0.39, 0.29) is 0 Å². The highest BCUT2D eigenvalue weighted by Gasteiger charge is 2.33. The quantitative estimate of drug-likeness (QED) is 0.771. The number of piperazine rings is 1. The molecule has 0 saturated carbocycles. The van der Waals surface area contributed by atoms with Gasteiger partial charge in [0.2, 0.25) is 0 Å². The van der Waals surface area contributed by atoms with Crippen molar-refractivity contribution in [3.63, 3.8) is 0 Å². The van der Waals surface area contributed by atoms with Crippen molar-refractivity contribution in [2.45, 2.75) is 38.3 Å². The molecule has 1 aromatic rings. The molecule has 0 aliphatic carbocycles. The van der Waals surface area contributed by atoms with E-state index in [0.717, 1.165) is 28.8 Å². The van der Waals surface area contributed by atoms with E-state index < -0.39 is 0 Å². The van der Waals surface area contributed by atoms with Gasteiger partial charge < -0.3 is 4.90 Å². The van der Waals surface area contributed by atoms with Crippen molar-refractivity contribution in [3.8, 4) is 0 Å². The fourth-order valence-electron chi connectivity index (χ4n) is 3.42. The van der Waals surface area contributed by atoms with E-state index in [1.54, 1.807) is 6.07 Å². The monoisotopic (exact) mass is 298 g/mol. The first-order valence-corrected chi connectivity index (χ1v) is 7.86. The third-order valence-electron chi connectivity index (χ3n) is 4.37. The standard InChI is InChI=1S/C15H20Cl2N2/c1-11-9-18-5-3-2-4-14(18)10-19(11)15-7-12(16)6-13(17)8-15/h6-8,11,14H,2-5,9-10H2,1H3. The summed E-state index contributed by atoms with van der Waals surface area (Å²) in [5.74, 6) is 0. The highest BCUT2D eigenvalue weighted by atomic mass is 35.5. The largest absolute Gasteiger partial charge is 0.366 e. The zero-order valence-electron chi connectivity index (χ0n) is 11.3. The molecule has 104 valence electrons. The van der Waals surface area contributed by atoms with Gasteiger partial charge in [0.1, 0.15) is 0 Å². The van der Waals surface area contributed by atoms with Crippen LogP contribution in [0.15, 0.2) is 18.2 Å². The van der Waals surface area contributed by atoms with Gasteiger partial charge in [0, 0.05) is 40.9 Å². The van der Waals surface area contributed by atoms with Gasteiger partial charge in [-0.15, -0.1) is 0 Å². The van der Waals surface area contributed by atoms with Gasteiger partial charge in [0.05, 0.1) is 0 Å². The van der Waals surface area contributed by atoms with Crippen LogP contribution in [-0.4, -0.2) is 36.6 Å². The number of nitrogens with zero attached hydrogens (tertiary/aromatic N) is 2. The van der Waals surface area contributed by atoms with Crippen molar-refractivity contribution >= 4 is 28.9 Å². The first-order valence-electron chi connectivity index (χ1n) is 7.10. The van der Waals surface area contributed by atoms with Crippen LogP contribution in [-0.2, 0) is 0 Å². The van der Waals surface area contributed by atoms with Crippen molar-refractivity contribution in [2.24, 2.45) is 0 Å². The lowest BCUT2D eigenvalue weighted by Crippen LogP contribution is -2.58. The Bertz CT molecular complexity index is 443. The number of hydrogen-bond acceptors (Lipinski definition) is 2. The molecule has 2 saturated heterocycles. The van der Waals surface area contributed by atoms with Crippen molar-refractivity contribution in [3.05, 3.63) is 28.2 Å². The first kappa shape index (κ1) is 13.5. The predicted octanol–water partition coefficient (Wildman–Crippen LogP) is 4.06. The van der Waals surface area contributed by atoms with E-state index in [2.05, 4.69) is 16.7 Å². The molecule has 2 unspecified atom stereocenters. The van der Waals surface area contributed by atoms with E-state index in [1.807, 2.05) is 12.1 Å². The Kier molecular flexibility index (Phi) is 3.93. The highest BCUT2D eigenvalue weighted by Crippen LogP contribution is 2.31. The second kappa shape index (κ2) is 5.51. The molecule has 0 amide bonds. The molecule has 0 spiro atoms. The number of benzene rings is 1. The van der Waals surface area contributed by atoms with Gasteiger partial charge in [-0.25, -0.2) is 0 Å². The molecule has 0 N–H and O–H groups in total. The zero-order chi connectivity index (χ0) is 13.4. The third kappa shape index (κ3) is 2.86. The maximum Gasteiger partial charge on any atom is 0.0441 e. The zero-order valence-corrected chi connectivity index (χ0v) is 12.8. The minimum Gasteiger partial charge on any atom is -0.366 e. The topological polar surface area (TPSA) is 6.48 Å². The number of halogens is 2. The van der Waals surface area contributed by atoms with Crippen molar-refractivity contribution < 1.29 is 0 Å². The van der Waals surface area contributed by atoms with Crippen molar-refractivity contribution in [1.29, 1.82) is 0 Å². The van der Waals surface area contributed by atoms with Crippen molar-refractivity contribution in [2.75, 3.05) is 24.5 Å². The van der Waals surface area contributed by atoms with Gasteiger partial charge in [0.15, 0.2) is 0 Å². The summed E-state index contributed by atoms with van der Waals surface area (Å²) in [4.78, 5) is 5.11. The lowest BCUT2D eigenvalue weighted by molar-refractivity contribution is 0.115. The minimum absolute atomic E-state index is 0.517. The Morgan fingerprint density at radius 3 is 2.53 bits per heavy atom. The molecule has 2 aliphatic heterocycles. The van der Waals surface area contributed by atoms with Crippen molar-refractivity contribution in [1.82, 2.24) is 4.90 Å². The second-order valence-corrected chi connectivity index (χ2v) is 6.65. The SMILES string of the molecule is CC1CN2CCCCC2CN1c1cc(Cl)cc(Cl)c1. The Labute approximate surface area is 125 Å². The van der Waals surface area contributed by atoms with Crippen LogP contribution in [0, 0.1) is 0 Å². The number of piperidine rings is 1. The van der Waals surface area contributed by atoms with Crippen LogP contribution in [0.25, 0.3) is 0 Å². The third-order valence-corrected chi connectivity index (χ3v) is 4.80. The van der Waals surface area contributed by atoms with Crippen LogP contribution in [0.3, 0.4) is 0 Å². The van der Waals surface area contributed by atoms with E-state index in [1.165, 1.54) is 25.8 Å². The van der Waals surface area contributed by atoms with E-state index in [4.69, 9.17) is 23.2 Å². The fourth-order valence-corrected chi connectivity index (χ4v) is 3.93. The second-order valence-electron chi connectivity index (χ2n) is 5.77. The van der Waals surface area contributed by atoms with E-state index >= 15 is 0 Å². The van der Waals surface area contributed by atoms with Crippen LogP contribution in [0.1, 0.15) is 26.2 Å². The molecular weight excluding hydrogens is 279 g/mol. The summed E-state index contributed by atoms with van der Waals surface area (Å²) in [7, 11) is 0. The predicted molar refractivity (Wildman–Crippen MR) is 82.5 cm³/mol. The van der Waals surface area contributed by atoms with Crippen LogP contribution >= 0.6 is 23.2 Å². The molecule has 2 nitrogen and oxygen atoms in total.